The van der Waals surface area contributed by atoms with E-state index in [1.807, 2.05) is 11.3 Å². The molecule has 0 unspecified atom stereocenters. The summed E-state index contributed by atoms with van der Waals surface area (Å²) in [5.41, 5.74) is 8.39. The molecule has 9 rings (SSSR count). The molecule has 2 nitrogen and oxygen atoms in total. The molecule has 0 spiro atoms. The van der Waals surface area contributed by atoms with E-state index in [4.69, 9.17) is 4.98 Å². The Morgan fingerprint density at radius 3 is 1.93 bits per heavy atom. The van der Waals surface area contributed by atoms with E-state index in [9.17, 15) is 0 Å². The lowest BCUT2D eigenvalue weighted by molar-refractivity contribution is 0.908. The molecule has 0 aliphatic carbocycles. The molecule has 0 amide bonds. The van der Waals surface area contributed by atoms with E-state index in [-0.39, 0.29) is 0 Å². The summed E-state index contributed by atoms with van der Waals surface area (Å²) in [5.74, 6) is 1.07. The maximum atomic E-state index is 4.96. The van der Waals surface area contributed by atoms with Crippen molar-refractivity contribution >= 4 is 64.1 Å². The first-order valence-corrected chi connectivity index (χ1v) is 16.0. The number of benzene rings is 7. The molecule has 0 aliphatic rings. The third-order valence-electron chi connectivity index (χ3n) is 8.94. The second-order valence-corrected chi connectivity index (χ2v) is 12.5. The summed E-state index contributed by atoms with van der Waals surface area (Å²) >= 11 is 1.88. The van der Waals surface area contributed by atoms with E-state index >= 15 is 0 Å². The first-order valence-electron chi connectivity index (χ1n) is 15.2. The zero-order valence-electron chi connectivity index (χ0n) is 24.3. The molecule has 0 saturated heterocycles. The largest absolute Gasteiger partial charge is 0.296 e. The number of rotatable bonds is 4. The predicted molar refractivity (Wildman–Crippen MR) is 189 cm³/mol. The molecule has 0 bridgehead atoms. The van der Waals surface area contributed by atoms with Gasteiger partial charge < -0.3 is 0 Å². The smallest absolute Gasteiger partial charge is 0.114 e. The molecular formula is C41H28N2S. The summed E-state index contributed by atoms with van der Waals surface area (Å²) in [6, 6.07) is 50.9. The van der Waals surface area contributed by atoms with Crippen molar-refractivity contribution in [2.24, 2.45) is 0 Å². The van der Waals surface area contributed by atoms with Gasteiger partial charge in [0.15, 0.2) is 0 Å². The number of aryl methyl sites for hydroxylation is 1. The first-order chi connectivity index (χ1) is 21.8. The van der Waals surface area contributed by atoms with E-state index in [2.05, 4.69) is 151 Å². The maximum Gasteiger partial charge on any atom is 0.114 e. The van der Waals surface area contributed by atoms with Gasteiger partial charge in [-0.25, -0.2) is 4.98 Å². The molecule has 2 aromatic heterocycles. The highest BCUT2D eigenvalue weighted by atomic mass is 32.1. The van der Waals surface area contributed by atoms with E-state index in [1.165, 1.54) is 64.0 Å². The Morgan fingerprint density at radius 1 is 0.568 bits per heavy atom. The molecule has 0 aliphatic heterocycles. The summed E-state index contributed by atoms with van der Waals surface area (Å²) in [7, 11) is 0. The van der Waals surface area contributed by atoms with E-state index in [1.54, 1.807) is 0 Å². The van der Waals surface area contributed by atoms with Crippen molar-refractivity contribution in [2.75, 3.05) is 0 Å². The van der Waals surface area contributed by atoms with Gasteiger partial charge in [0.1, 0.15) is 5.82 Å². The van der Waals surface area contributed by atoms with Crippen LogP contribution < -0.4 is 0 Å². The summed E-state index contributed by atoms with van der Waals surface area (Å²) in [4.78, 5) is 4.96. The number of para-hydroxylation sites is 2. The quantitative estimate of drug-likeness (QED) is 0.189. The highest BCUT2D eigenvalue weighted by molar-refractivity contribution is 7.25. The van der Waals surface area contributed by atoms with Gasteiger partial charge in [-0.05, 0) is 80.2 Å². The monoisotopic (exact) mass is 580 g/mol. The lowest BCUT2D eigenvalue weighted by Crippen LogP contribution is -2.00. The second-order valence-electron chi connectivity index (χ2n) is 11.4. The number of nitrogens with zero attached hydrogens (tertiary/aromatic N) is 2. The Hall–Kier alpha value is -5.25. The normalized spacial score (nSPS) is 11.8. The molecule has 0 radical (unpaired) electrons. The topological polar surface area (TPSA) is 17.8 Å². The zero-order chi connectivity index (χ0) is 29.2. The van der Waals surface area contributed by atoms with E-state index in [0.29, 0.717) is 0 Å². The minimum atomic E-state index is 0.863. The van der Waals surface area contributed by atoms with Crippen LogP contribution in [0, 0.1) is 0 Å². The molecule has 0 atom stereocenters. The molecule has 0 fully saturated rings. The van der Waals surface area contributed by atoms with Crippen molar-refractivity contribution in [3.63, 3.8) is 0 Å². The van der Waals surface area contributed by atoms with Crippen LogP contribution >= 0.6 is 11.3 Å². The van der Waals surface area contributed by atoms with Crippen LogP contribution in [0.1, 0.15) is 12.7 Å². The third kappa shape index (κ3) is 3.69. The van der Waals surface area contributed by atoms with Crippen molar-refractivity contribution in [2.45, 2.75) is 13.3 Å². The van der Waals surface area contributed by atoms with Crippen LogP contribution in [0.15, 0.2) is 140 Å². The van der Waals surface area contributed by atoms with Crippen LogP contribution in [0.25, 0.3) is 80.7 Å². The number of hydrogen-bond donors (Lipinski definition) is 0. The van der Waals surface area contributed by atoms with Gasteiger partial charge in [-0.1, -0.05) is 110 Å². The van der Waals surface area contributed by atoms with Crippen LogP contribution in [0.3, 0.4) is 0 Å². The third-order valence-corrected chi connectivity index (χ3v) is 10.1. The van der Waals surface area contributed by atoms with Crippen LogP contribution in [-0.2, 0) is 6.42 Å². The summed E-state index contributed by atoms with van der Waals surface area (Å²) < 4.78 is 4.98. The van der Waals surface area contributed by atoms with Crippen molar-refractivity contribution in [3.05, 3.63) is 145 Å². The molecule has 9 aromatic rings. The lowest BCUT2D eigenvalue weighted by atomic mass is 9.85. The number of fused-ring (bicyclic) bond motifs is 6. The highest BCUT2D eigenvalue weighted by Crippen LogP contribution is 2.47. The Kier molecular flexibility index (Phi) is 5.69. The Morgan fingerprint density at radius 2 is 1.18 bits per heavy atom. The van der Waals surface area contributed by atoms with Crippen LogP contribution in [0.4, 0.5) is 0 Å². The molecule has 208 valence electrons. The number of hydrogen-bond acceptors (Lipinski definition) is 2. The van der Waals surface area contributed by atoms with Crippen LogP contribution in [0.2, 0.25) is 0 Å². The van der Waals surface area contributed by atoms with Gasteiger partial charge in [0.25, 0.3) is 0 Å². The summed E-state index contributed by atoms with van der Waals surface area (Å²) in [6.45, 7) is 2.18. The zero-order valence-corrected chi connectivity index (χ0v) is 25.1. The fourth-order valence-electron chi connectivity index (χ4n) is 7.11. The molecule has 0 saturated carbocycles. The summed E-state index contributed by atoms with van der Waals surface area (Å²) in [6.07, 6.45) is 0.863. The minimum absolute atomic E-state index is 0.863. The summed E-state index contributed by atoms with van der Waals surface area (Å²) in [5, 5.41) is 7.75. The van der Waals surface area contributed by atoms with Crippen molar-refractivity contribution in [1.82, 2.24) is 9.55 Å². The molecule has 44 heavy (non-hydrogen) atoms. The predicted octanol–water partition coefficient (Wildman–Crippen LogP) is 11.6. The van der Waals surface area contributed by atoms with E-state index < -0.39 is 0 Å². The number of thiophene rings is 1. The van der Waals surface area contributed by atoms with Gasteiger partial charge in [-0.3, -0.25) is 4.57 Å². The van der Waals surface area contributed by atoms with Gasteiger partial charge in [0.05, 0.1) is 11.0 Å². The Bertz CT molecular complexity index is 2490. The highest BCUT2D eigenvalue weighted by Gasteiger charge is 2.20. The van der Waals surface area contributed by atoms with Gasteiger partial charge >= 0.3 is 0 Å². The maximum absolute atomic E-state index is 4.96. The average molecular weight is 581 g/mol. The first kappa shape index (κ1) is 25.3. The Labute approximate surface area is 259 Å². The SMILES string of the molecule is CCc1nc2ccccc2n1-c1cccc(-c2c3ccccc3c(-c3cccc4sc5ccccc5c34)c3ccccc23)c1. The average Bonchev–Trinajstić information content (AvgIpc) is 3.66. The number of aromatic nitrogens is 2. The van der Waals surface area contributed by atoms with Crippen molar-refractivity contribution < 1.29 is 0 Å². The van der Waals surface area contributed by atoms with Gasteiger partial charge in [-0.2, -0.15) is 0 Å². The fraction of sp³-hybridized carbons (Fsp3) is 0.0488. The van der Waals surface area contributed by atoms with Gasteiger partial charge in [-0.15, -0.1) is 11.3 Å². The van der Waals surface area contributed by atoms with Gasteiger partial charge in [0, 0.05) is 32.3 Å². The fourth-order valence-corrected chi connectivity index (χ4v) is 8.25. The lowest BCUT2D eigenvalue weighted by Gasteiger charge is -2.19. The van der Waals surface area contributed by atoms with Crippen molar-refractivity contribution in [3.8, 4) is 27.9 Å². The van der Waals surface area contributed by atoms with E-state index in [0.717, 1.165) is 29.0 Å². The van der Waals surface area contributed by atoms with Crippen LogP contribution in [0.5, 0.6) is 0 Å². The Balaban J connectivity index is 1.37. The minimum Gasteiger partial charge on any atom is -0.296 e. The molecule has 2 heterocycles. The van der Waals surface area contributed by atoms with Crippen LogP contribution in [-0.4, -0.2) is 9.55 Å². The van der Waals surface area contributed by atoms with Gasteiger partial charge in [0.2, 0.25) is 0 Å². The molecule has 0 N–H and O–H groups in total. The second kappa shape index (κ2) is 9.90. The molecular weight excluding hydrogens is 553 g/mol. The molecule has 7 aromatic carbocycles. The van der Waals surface area contributed by atoms with Crippen molar-refractivity contribution in [1.29, 1.82) is 0 Å². The molecule has 3 heteroatoms. The number of imidazole rings is 1. The standard InChI is InChI=1S/C41H28N2S/c1-2-38-42-34-21-8-9-22-35(34)43(38)27-14-11-13-26(25-27)39-28-15-3-5-17-30(28)40(31-18-6-4-16-29(31)39)33-20-12-24-37-41(33)32-19-7-10-23-36(32)44-37/h3-25H,2H2,1H3.